The molecule has 2 atom stereocenters. The van der Waals surface area contributed by atoms with E-state index in [-0.39, 0.29) is 18.6 Å². The number of benzene rings is 1. The predicted molar refractivity (Wildman–Crippen MR) is 88.6 cm³/mol. The Bertz CT molecular complexity index is 592. The number of likely N-dealkylation sites (tertiary alicyclic amines) is 1. The molecule has 0 spiro atoms. The highest BCUT2D eigenvalue weighted by molar-refractivity contribution is 7.92. The summed E-state index contributed by atoms with van der Waals surface area (Å²) in [6.45, 7) is 7.55. The summed E-state index contributed by atoms with van der Waals surface area (Å²) in [7, 11) is -3.27. The van der Waals surface area contributed by atoms with Crippen molar-refractivity contribution in [2.45, 2.75) is 49.8 Å². The minimum Gasteiger partial charge on any atom is -0.396 e. The van der Waals surface area contributed by atoms with Gasteiger partial charge in [0.25, 0.3) is 0 Å². The summed E-state index contributed by atoms with van der Waals surface area (Å²) in [5.41, 5.74) is 0.991. The zero-order valence-electron chi connectivity index (χ0n) is 13.7. The number of sulfone groups is 1. The van der Waals surface area contributed by atoms with Gasteiger partial charge in [0.2, 0.25) is 0 Å². The smallest absolute Gasteiger partial charge is 0.180 e. The summed E-state index contributed by atoms with van der Waals surface area (Å²) >= 11 is 0. The molecule has 1 aliphatic heterocycles. The van der Waals surface area contributed by atoms with Crippen LogP contribution in [0, 0.1) is 5.92 Å². The van der Waals surface area contributed by atoms with Crippen LogP contribution >= 0.6 is 0 Å². The lowest BCUT2D eigenvalue weighted by atomic mass is 9.94. The molecule has 124 valence electrons. The molecule has 0 amide bonds. The molecule has 2 rings (SSSR count). The van der Waals surface area contributed by atoms with Crippen LogP contribution in [-0.4, -0.2) is 43.4 Å². The van der Waals surface area contributed by atoms with Crippen molar-refractivity contribution >= 4 is 9.84 Å². The van der Waals surface area contributed by atoms with E-state index in [1.54, 1.807) is 26.0 Å². The normalized spacial score (nSPS) is 19.5. The van der Waals surface area contributed by atoms with Crippen LogP contribution in [0.5, 0.6) is 0 Å². The molecule has 1 N–H and O–H groups in total. The maximum absolute atomic E-state index is 12.4. The molecule has 1 fully saturated rings. The third-order valence-corrected chi connectivity index (χ3v) is 6.66. The van der Waals surface area contributed by atoms with Crippen LogP contribution in [0.2, 0.25) is 0 Å². The van der Waals surface area contributed by atoms with E-state index in [1.807, 2.05) is 19.1 Å². The lowest BCUT2D eigenvalue weighted by Gasteiger charge is -2.32. The maximum Gasteiger partial charge on any atom is 0.180 e. The Kier molecular flexibility index (Phi) is 5.64. The molecular weight excluding hydrogens is 298 g/mol. The van der Waals surface area contributed by atoms with E-state index < -0.39 is 15.1 Å². The minimum atomic E-state index is -3.27. The molecule has 5 heteroatoms. The van der Waals surface area contributed by atoms with Crippen molar-refractivity contribution in [1.82, 2.24) is 4.90 Å². The molecule has 1 aromatic carbocycles. The van der Waals surface area contributed by atoms with Gasteiger partial charge in [-0.25, -0.2) is 8.42 Å². The quantitative estimate of drug-likeness (QED) is 0.873. The summed E-state index contributed by atoms with van der Waals surface area (Å²) in [5, 5.41) is 9.17. The van der Waals surface area contributed by atoms with E-state index in [0.29, 0.717) is 4.90 Å². The van der Waals surface area contributed by atoms with Crippen LogP contribution in [-0.2, 0) is 9.84 Å². The van der Waals surface area contributed by atoms with Gasteiger partial charge in [-0.05, 0) is 63.4 Å². The number of aliphatic hydroxyl groups excluding tert-OH is 1. The highest BCUT2D eigenvalue weighted by Crippen LogP contribution is 2.33. The fraction of sp³-hybridized carbons (Fsp3) is 0.647. The Morgan fingerprint density at radius 3 is 2.36 bits per heavy atom. The first-order valence-corrected chi connectivity index (χ1v) is 9.61. The first-order chi connectivity index (χ1) is 10.4. The molecule has 22 heavy (non-hydrogen) atoms. The van der Waals surface area contributed by atoms with Crippen molar-refractivity contribution in [3.8, 4) is 0 Å². The SMILES string of the molecule is CC(CO)C(c1cccc(S(=O)(=O)C(C)C)c1)N1CCCC1. The van der Waals surface area contributed by atoms with E-state index in [2.05, 4.69) is 4.90 Å². The Balaban J connectivity index is 2.40. The van der Waals surface area contributed by atoms with Crippen molar-refractivity contribution in [3.63, 3.8) is 0 Å². The summed E-state index contributed by atoms with van der Waals surface area (Å²) in [6, 6.07) is 7.34. The monoisotopic (exact) mass is 325 g/mol. The van der Waals surface area contributed by atoms with Gasteiger partial charge in [0, 0.05) is 12.6 Å². The van der Waals surface area contributed by atoms with E-state index in [0.717, 1.165) is 18.7 Å². The van der Waals surface area contributed by atoms with Crippen LogP contribution in [0.15, 0.2) is 29.2 Å². The third kappa shape index (κ3) is 3.53. The van der Waals surface area contributed by atoms with Crippen molar-refractivity contribution in [2.75, 3.05) is 19.7 Å². The van der Waals surface area contributed by atoms with Gasteiger partial charge in [-0.3, -0.25) is 4.90 Å². The molecule has 2 unspecified atom stereocenters. The van der Waals surface area contributed by atoms with E-state index in [9.17, 15) is 13.5 Å². The van der Waals surface area contributed by atoms with Gasteiger partial charge < -0.3 is 5.11 Å². The molecular formula is C17H27NO3S. The van der Waals surface area contributed by atoms with E-state index in [4.69, 9.17) is 0 Å². The molecule has 0 aromatic heterocycles. The molecule has 0 aliphatic carbocycles. The van der Waals surface area contributed by atoms with Crippen molar-refractivity contribution in [1.29, 1.82) is 0 Å². The van der Waals surface area contributed by atoms with Gasteiger partial charge >= 0.3 is 0 Å². The van der Waals surface area contributed by atoms with Gasteiger partial charge in [-0.1, -0.05) is 19.1 Å². The lowest BCUT2D eigenvalue weighted by molar-refractivity contribution is 0.126. The average Bonchev–Trinajstić information content (AvgIpc) is 3.01. The predicted octanol–water partition coefficient (Wildman–Crippen LogP) is 2.63. The number of rotatable bonds is 6. The fourth-order valence-electron chi connectivity index (χ4n) is 3.17. The zero-order valence-corrected chi connectivity index (χ0v) is 14.5. The first kappa shape index (κ1) is 17.4. The summed E-state index contributed by atoms with van der Waals surface area (Å²) in [6.07, 6.45) is 2.33. The maximum atomic E-state index is 12.4. The second-order valence-corrected chi connectivity index (χ2v) is 9.02. The second-order valence-electron chi connectivity index (χ2n) is 6.51. The van der Waals surface area contributed by atoms with Crippen LogP contribution in [0.4, 0.5) is 0 Å². The fourth-order valence-corrected chi connectivity index (χ4v) is 4.28. The Morgan fingerprint density at radius 2 is 1.82 bits per heavy atom. The van der Waals surface area contributed by atoms with Crippen LogP contribution in [0.25, 0.3) is 0 Å². The molecule has 0 radical (unpaired) electrons. The molecule has 1 aliphatic rings. The largest absolute Gasteiger partial charge is 0.396 e. The Hall–Kier alpha value is -0.910. The third-order valence-electron chi connectivity index (χ3n) is 4.51. The van der Waals surface area contributed by atoms with E-state index in [1.165, 1.54) is 12.8 Å². The highest BCUT2D eigenvalue weighted by Gasteiger charge is 2.29. The van der Waals surface area contributed by atoms with Crippen LogP contribution in [0.3, 0.4) is 0 Å². The number of nitrogens with zero attached hydrogens (tertiary/aromatic N) is 1. The van der Waals surface area contributed by atoms with Gasteiger partial charge in [0.1, 0.15) is 0 Å². The van der Waals surface area contributed by atoms with E-state index >= 15 is 0 Å². The van der Waals surface area contributed by atoms with Crippen molar-refractivity contribution in [2.24, 2.45) is 5.92 Å². The molecule has 0 saturated carbocycles. The Morgan fingerprint density at radius 1 is 1.18 bits per heavy atom. The first-order valence-electron chi connectivity index (χ1n) is 8.06. The average molecular weight is 325 g/mol. The van der Waals surface area contributed by atoms with Crippen molar-refractivity contribution in [3.05, 3.63) is 29.8 Å². The highest BCUT2D eigenvalue weighted by atomic mass is 32.2. The van der Waals surface area contributed by atoms with Gasteiger partial charge in [0.15, 0.2) is 9.84 Å². The number of hydrogen-bond acceptors (Lipinski definition) is 4. The molecule has 1 aromatic rings. The standard InChI is InChI=1S/C17H27NO3S/c1-13(2)22(20,21)16-8-6-7-15(11-16)17(14(3)12-19)18-9-4-5-10-18/h6-8,11,13-14,17,19H,4-5,9-10,12H2,1-3H3. The second kappa shape index (κ2) is 7.11. The summed E-state index contributed by atoms with van der Waals surface area (Å²) in [4.78, 5) is 2.75. The van der Waals surface area contributed by atoms with Gasteiger partial charge in [0.05, 0.1) is 10.1 Å². The summed E-state index contributed by atoms with van der Waals surface area (Å²) in [5.74, 6) is 0.0788. The topological polar surface area (TPSA) is 57.6 Å². The lowest BCUT2D eigenvalue weighted by Crippen LogP contribution is -2.32. The summed E-state index contributed by atoms with van der Waals surface area (Å²) < 4.78 is 24.8. The van der Waals surface area contributed by atoms with Crippen LogP contribution < -0.4 is 0 Å². The van der Waals surface area contributed by atoms with Gasteiger partial charge in [-0.15, -0.1) is 0 Å². The zero-order chi connectivity index (χ0) is 16.3. The van der Waals surface area contributed by atoms with Crippen molar-refractivity contribution < 1.29 is 13.5 Å². The van der Waals surface area contributed by atoms with Crippen LogP contribution in [0.1, 0.15) is 45.2 Å². The number of hydrogen-bond donors (Lipinski definition) is 1. The molecule has 0 bridgehead atoms. The number of aliphatic hydroxyl groups is 1. The molecule has 1 heterocycles. The molecule has 4 nitrogen and oxygen atoms in total. The minimum absolute atomic E-state index is 0.0785. The van der Waals surface area contributed by atoms with Gasteiger partial charge in [-0.2, -0.15) is 0 Å². The Labute approximate surface area is 134 Å². The molecule has 1 saturated heterocycles.